The summed E-state index contributed by atoms with van der Waals surface area (Å²) in [7, 11) is 0. The molecule has 0 spiro atoms. The molecule has 0 unspecified atom stereocenters. The van der Waals surface area contributed by atoms with E-state index >= 15 is 0 Å². The number of ether oxygens (including phenoxy) is 2. The van der Waals surface area contributed by atoms with Crippen molar-refractivity contribution in [2.24, 2.45) is 11.1 Å². The van der Waals surface area contributed by atoms with Crippen molar-refractivity contribution in [2.45, 2.75) is 53.1 Å². The molecule has 4 rings (SSSR count). The van der Waals surface area contributed by atoms with E-state index in [0.717, 1.165) is 22.3 Å². The number of carbonyl (C=O) groups excluding carboxylic acids is 1. The number of rotatable bonds is 4. The Balaban J connectivity index is 1.77. The predicted octanol–water partition coefficient (Wildman–Crippen LogP) is 5.47. The SMILES string of the molecule is Cc1cc(C)c([C@H]2C(C#N)=C(N)OC3=C2C(=O)CC(C)(C)C3)cc1COc1ccc(F)cc1. The number of nitriles is 1. The van der Waals surface area contributed by atoms with Crippen molar-refractivity contribution in [1.29, 1.82) is 5.26 Å². The lowest BCUT2D eigenvalue weighted by molar-refractivity contribution is -0.119. The van der Waals surface area contributed by atoms with Crippen LogP contribution in [0.15, 0.2) is 59.2 Å². The maximum Gasteiger partial charge on any atom is 0.205 e. The summed E-state index contributed by atoms with van der Waals surface area (Å²) >= 11 is 0. The predicted molar refractivity (Wildman–Crippen MR) is 122 cm³/mol. The number of Topliss-reactive ketones (excluding diaryl/α,β-unsaturated/α-hetero) is 1. The number of halogens is 1. The fourth-order valence-electron chi connectivity index (χ4n) is 4.67. The molecule has 0 fully saturated rings. The van der Waals surface area contributed by atoms with Crippen LogP contribution in [-0.2, 0) is 16.1 Å². The highest BCUT2D eigenvalue weighted by molar-refractivity contribution is 6.00. The molecule has 2 aliphatic rings. The summed E-state index contributed by atoms with van der Waals surface area (Å²) in [5, 5.41) is 9.90. The Morgan fingerprint density at radius 3 is 2.55 bits per heavy atom. The number of hydrogen-bond acceptors (Lipinski definition) is 5. The summed E-state index contributed by atoms with van der Waals surface area (Å²) in [5.74, 6) is 0.245. The molecule has 170 valence electrons. The fourth-order valence-corrected chi connectivity index (χ4v) is 4.67. The first-order valence-corrected chi connectivity index (χ1v) is 10.9. The van der Waals surface area contributed by atoms with E-state index in [-0.39, 0.29) is 35.1 Å². The average Bonchev–Trinajstić information content (AvgIpc) is 2.72. The van der Waals surface area contributed by atoms with E-state index in [1.807, 2.05) is 39.8 Å². The molecule has 0 bridgehead atoms. The molecule has 33 heavy (non-hydrogen) atoms. The van der Waals surface area contributed by atoms with Crippen LogP contribution in [0.3, 0.4) is 0 Å². The number of hydrogen-bond donors (Lipinski definition) is 1. The van der Waals surface area contributed by atoms with Gasteiger partial charge in [-0.05, 0) is 65.8 Å². The van der Waals surface area contributed by atoms with Gasteiger partial charge in [0.2, 0.25) is 5.88 Å². The third kappa shape index (κ3) is 4.36. The van der Waals surface area contributed by atoms with Crippen LogP contribution in [0.4, 0.5) is 4.39 Å². The van der Waals surface area contributed by atoms with Gasteiger partial charge in [0.25, 0.3) is 0 Å². The monoisotopic (exact) mass is 446 g/mol. The van der Waals surface area contributed by atoms with Crippen LogP contribution in [0.2, 0.25) is 0 Å². The molecule has 0 aromatic heterocycles. The summed E-state index contributed by atoms with van der Waals surface area (Å²) in [6.07, 6.45) is 0.963. The number of ketones is 1. The molecule has 0 radical (unpaired) electrons. The van der Waals surface area contributed by atoms with Crippen molar-refractivity contribution in [3.05, 3.63) is 87.3 Å². The second kappa shape index (κ2) is 8.40. The minimum Gasteiger partial charge on any atom is -0.489 e. The van der Waals surface area contributed by atoms with E-state index in [1.165, 1.54) is 12.1 Å². The van der Waals surface area contributed by atoms with Crippen molar-refractivity contribution in [3.8, 4) is 11.8 Å². The molecule has 1 aliphatic heterocycles. The fraction of sp³-hybridized carbons (Fsp3) is 0.333. The first-order valence-electron chi connectivity index (χ1n) is 10.9. The van der Waals surface area contributed by atoms with Crippen LogP contribution in [0.5, 0.6) is 5.75 Å². The largest absolute Gasteiger partial charge is 0.489 e. The standard InChI is InChI=1S/C27H27FN2O3/c1-15-9-16(2)20(10-17(15)14-32-19-7-5-18(28)6-8-19)24-21(13-29)26(30)33-23-12-27(3,4)11-22(31)25(23)24/h5-10,24H,11-12,14,30H2,1-4H3/t24-/m0/s1. The van der Waals surface area contributed by atoms with E-state index in [1.54, 1.807) is 12.1 Å². The zero-order valence-corrected chi connectivity index (χ0v) is 19.3. The summed E-state index contributed by atoms with van der Waals surface area (Å²) < 4.78 is 24.9. The Morgan fingerprint density at radius 1 is 1.18 bits per heavy atom. The molecule has 0 saturated heterocycles. The highest BCUT2D eigenvalue weighted by Crippen LogP contribution is 2.48. The highest BCUT2D eigenvalue weighted by Gasteiger charge is 2.43. The van der Waals surface area contributed by atoms with Gasteiger partial charge in [0.05, 0.1) is 5.92 Å². The lowest BCUT2D eigenvalue weighted by Crippen LogP contribution is -2.33. The second-order valence-corrected chi connectivity index (χ2v) is 9.58. The molecule has 0 amide bonds. The van der Waals surface area contributed by atoms with Crippen molar-refractivity contribution in [2.75, 3.05) is 0 Å². The van der Waals surface area contributed by atoms with E-state index in [2.05, 4.69) is 6.07 Å². The van der Waals surface area contributed by atoms with E-state index < -0.39 is 5.92 Å². The smallest absolute Gasteiger partial charge is 0.205 e. The van der Waals surface area contributed by atoms with Gasteiger partial charge in [-0.1, -0.05) is 26.0 Å². The quantitative estimate of drug-likeness (QED) is 0.673. The number of aryl methyl sites for hydroxylation is 2. The van der Waals surface area contributed by atoms with Crippen molar-refractivity contribution < 1.29 is 18.7 Å². The highest BCUT2D eigenvalue weighted by atomic mass is 19.1. The number of carbonyl (C=O) groups is 1. The first-order chi connectivity index (χ1) is 15.6. The molecule has 0 saturated carbocycles. The summed E-state index contributed by atoms with van der Waals surface area (Å²) in [4.78, 5) is 13.2. The van der Waals surface area contributed by atoms with Gasteiger partial charge in [0.15, 0.2) is 5.78 Å². The first kappa shape index (κ1) is 22.6. The van der Waals surface area contributed by atoms with Gasteiger partial charge >= 0.3 is 0 Å². The average molecular weight is 447 g/mol. The molecular formula is C27H27FN2O3. The molecule has 2 aromatic rings. The molecule has 1 aliphatic carbocycles. The number of allylic oxidation sites excluding steroid dienone is 3. The van der Waals surface area contributed by atoms with Gasteiger partial charge in [-0.3, -0.25) is 4.79 Å². The van der Waals surface area contributed by atoms with E-state index in [0.29, 0.717) is 29.9 Å². The van der Waals surface area contributed by atoms with Gasteiger partial charge in [0, 0.05) is 18.4 Å². The Labute approximate surface area is 193 Å². The molecule has 6 heteroatoms. The summed E-state index contributed by atoms with van der Waals surface area (Å²) in [5.41, 5.74) is 10.4. The summed E-state index contributed by atoms with van der Waals surface area (Å²) in [6, 6.07) is 12.0. The second-order valence-electron chi connectivity index (χ2n) is 9.58. The number of nitrogens with zero attached hydrogens (tertiary/aromatic N) is 1. The van der Waals surface area contributed by atoms with E-state index in [4.69, 9.17) is 15.2 Å². The van der Waals surface area contributed by atoms with Crippen molar-refractivity contribution in [1.82, 2.24) is 0 Å². The van der Waals surface area contributed by atoms with Gasteiger partial charge < -0.3 is 15.2 Å². The van der Waals surface area contributed by atoms with Crippen LogP contribution in [0.1, 0.15) is 54.9 Å². The summed E-state index contributed by atoms with van der Waals surface area (Å²) in [6.45, 7) is 8.26. The Morgan fingerprint density at radius 2 is 1.88 bits per heavy atom. The Kier molecular flexibility index (Phi) is 5.75. The molecule has 1 heterocycles. The van der Waals surface area contributed by atoms with Gasteiger partial charge in [-0.25, -0.2) is 4.39 Å². The third-order valence-corrected chi connectivity index (χ3v) is 6.32. The molecular weight excluding hydrogens is 419 g/mol. The van der Waals surface area contributed by atoms with Gasteiger partial charge in [-0.15, -0.1) is 0 Å². The normalized spacial score (nSPS) is 19.6. The number of nitrogens with two attached hydrogens (primary N) is 1. The topological polar surface area (TPSA) is 85.3 Å². The lowest BCUT2D eigenvalue weighted by atomic mass is 9.69. The van der Waals surface area contributed by atoms with E-state index in [9.17, 15) is 14.4 Å². The van der Waals surface area contributed by atoms with Crippen LogP contribution in [0, 0.1) is 36.4 Å². The molecule has 2 aromatic carbocycles. The van der Waals surface area contributed by atoms with Gasteiger partial charge in [-0.2, -0.15) is 5.26 Å². The van der Waals surface area contributed by atoms with Crippen LogP contribution in [0.25, 0.3) is 0 Å². The Bertz CT molecular complexity index is 1230. The van der Waals surface area contributed by atoms with Crippen LogP contribution in [-0.4, -0.2) is 5.78 Å². The third-order valence-electron chi connectivity index (χ3n) is 6.32. The maximum atomic E-state index is 13.2. The minimum atomic E-state index is -0.576. The van der Waals surface area contributed by atoms with Crippen LogP contribution >= 0.6 is 0 Å². The maximum absolute atomic E-state index is 13.2. The van der Waals surface area contributed by atoms with Crippen LogP contribution < -0.4 is 10.5 Å². The number of benzene rings is 2. The molecule has 5 nitrogen and oxygen atoms in total. The minimum absolute atomic E-state index is 0.0180. The molecule has 2 N–H and O–H groups in total. The lowest BCUT2D eigenvalue weighted by Gasteiger charge is -2.37. The van der Waals surface area contributed by atoms with Crippen molar-refractivity contribution in [3.63, 3.8) is 0 Å². The molecule has 1 atom stereocenters. The van der Waals surface area contributed by atoms with Crippen molar-refractivity contribution >= 4 is 5.78 Å². The Hall–Kier alpha value is -3.59. The zero-order chi connectivity index (χ0) is 23.9. The van der Waals surface area contributed by atoms with Gasteiger partial charge in [0.1, 0.15) is 35.6 Å². The zero-order valence-electron chi connectivity index (χ0n) is 19.3.